The average molecular weight is 250 g/mol. The quantitative estimate of drug-likeness (QED) is 0.573. The van der Waals surface area contributed by atoms with Crippen molar-refractivity contribution in [3.63, 3.8) is 0 Å². The number of unbranched alkanes of at least 4 members (excludes halogenated alkanes) is 4. The van der Waals surface area contributed by atoms with E-state index in [1.807, 2.05) is 11.7 Å². The largest absolute Gasteiger partial charge is 0.276 e. The van der Waals surface area contributed by atoms with Crippen molar-refractivity contribution in [2.75, 3.05) is 0 Å². The zero-order valence-corrected chi connectivity index (χ0v) is 12.7. The normalized spacial score (nSPS) is 14.7. The van der Waals surface area contributed by atoms with Crippen molar-refractivity contribution in [2.24, 2.45) is 7.05 Å². The Hall–Kier alpha value is -0.790. The third-order valence-electron chi connectivity index (χ3n) is 4.00. The summed E-state index contributed by atoms with van der Waals surface area (Å²) in [5, 5.41) is 4.65. The average Bonchev–Trinajstić information content (AvgIpc) is 2.80. The van der Waals surface area contributed by atoms with Crippen LogP contribution in [0.5, 0.6) is 0 Å². The summed E-state index contributed by atoms with van der Waals surface area (Å²) in [4.78, 5) is 0. The molecule has 1 rings (SSSR count). The summed E-state index contributed by atoms with van der Waals surface area (Å²) in [5.74, 6) is 0. The van der Waals surface area contributed by atoms with Gasteiger partial charge in [-0.25, -0.2) is 0 Å². The van der Waals surface area contributed by atoms with Crippen LogP contribution in [0.25, 0.3) is 0 Å². The molecule has 0 fully saturated rings. The minimum Gasteiger partial charge on any atom is -0.276 e. The molecule has 18 heavy (non-hydrogen) atoms. The second kappa shape index (κ2) is 7.60. The van der Waals surface area contributed by atoms with E-state index in [4.69, 9.17) is 0 Å². The van der Waals surface area contributed by atoms with Gasteiger partial charge in [-0.1, -0.05) is 59.3 Å². The third-order valence-corrected chi connectivity index (χ3v) is 4.00. The molecule has 1 aromatic rings. The summed E-state index contributed by atoms with van der Waals surface area (Å²) < 4.78 is 1.94. The molecule has 0 spiro atoms. The Morgan fingerprint density at radius 1 is 1.06 bits per heavy atom. The number of hydrogen-bond acceptors (Lipinski definition) is 1. The molecule has 1 unspecified atom stereocenters. The maximum Gasteiger partial charge on any atom is 0.0683 e. The lowest BCUT2D eigenvalue weighted by Gasteiger charge is -2.28. The van der Waals surface area contributed by atoms with E-state index in [9.17, 15) is 0 Å². The Morgan fingerprint density at radius 3 is 2.28 bits per heavy atom. The fraction of sp³-hybridized carbons (Fsp3) is 0.812. The maximum absolute atomic E-state index is 4.65. The number of aromatic nitrogens is 2. The highest BCUT2D eigenvalue weighted by molar-refractivity contribution is 5.13. The molecule has 0 bridgehead atoms. The van der Waals surface area contributed by atoms with Crippen LogP contribution in [0.3, 0.4) is 0 Å². The first kappa shape index (κ1) is 15.3. The molecule has 1 heterocycles. The van der Waals surface area contributed by atoms with Gasteiger partial charge in [0.2, 0.25) is 0 Å². The van der Waals surface area contributed by atoms with Gasteiger partial charge in [0.15, 0.2) is 0 Å². The molecule has 0 aliphatic heterocycles. The van der Waals surface area contributed by atoms with E-state index in [1.165, 1.54) is 57.1 Å². The molecule has 0 aliphatic rings. The Kier molecular flexibility index (Phi) is 6.45. The summed E-state index contributed by atoms with van der Waals surface area (Å²) in [5.41, 5.74) is 1.57. The van der Waals surface area contributed by atoms with Crippen molar-refractivity contribution in [2.45, 2.75) is 77.6 Å². The van der Waals surface area contributed by atoms with Gasteiger partial charge in [-0.05, 0) is 18.9 Å². The van der Waals surface area contributed by atoms with E-state index in [-0.39, 0.29) is 5.41 Å². The lowest BCUT2D eigenvalue weighted by molar-refractivity contribution is 0.357. The summed E-state index contributed by atoms with van der Waals surface area (Å²) >= 11 is 0. The second-order valence-electron chi connectivity index (χ2n) is 5.85. The maximum atomic E-state index is 4.65. The van der Waals surface area contributed by atoms with Gasteiger partial charge in [-0.3, -0.25) is 4.68 Å². The number of rotatable bonds is 9. The summed E-state index contributed by atoms with van der Waals surface area (Å²) in [6, 6.07) is 2.20. The number of hydrogen-bond donors (Lipinski definition) is 0. The molecule has 0 saturated heterocycles. The van der Waals surface area contributed by atoms with Gasteiger partial charge in [0, 0.05) is 18.7 Å². The van der Waals surface area contributed by atoms with Gasteiger partial charge in [-0.15, -0.1) is 0 Å². The number of nitrogens with zero attached hydrogens (tertiary/aromatic N) is 2. The van der Waals surface area contributed by atoms with Crippen molar-refractivity contribution in [3.8, 4) is 0 Å². The van der Waals surface area contributed by atoms with Crippen LogP contribution in [0.2, 0.25) is 0 Å². The van der Waals surface area contributed by atoms with Gasteiger partial charge in [0.1, 0.15) is 0 Å². The van der Waals surface area contributed by atoms with Gasteiger partial charge in [0.25, 0.3) is 0 Å². The van der Waals surface area contributed by atoms with Gasteiger partial charge < -0.3 is 0 Å². The predicted octanol–water partition coefficient (Wildman–Crippen LogP) is 4.84. The standard InChI is InChI=1S/C16H30N2/c1-5-7-9-10-13-16(3,12-8-6-2)15-11-14-18(4)17-15/h11,14H,5-10,12-13H2,1-4H3. The topological polar surface area (TPSA) is 17.8 Å². The fourth-order valence-corrected chi connectivity index (χ4v) is 2.63. The predicted molar refractivity (Wildman–Crippen MR) is 78.8 cm³/mol. The second-order valence-corrected chi connectivity index (χ2v) is 5.85. The van der Waals surface area contributed by atoms with Crippen LogP contribution in [-0.2, 0) is 12.5 Å². The Morgan fingerprint density at radius 2 is 1.72 bits per heavy atom. The Balaban J connectivity index is 2.62. The van der Waals surface area contributed by atoms with Crippen LogP contribution in [0, 0.1) is 0 Å². The monoisotopic (exact) mass is 250 g/mol. The van der Waals surface area contributed by atoms with Crippen LogP contribution in [0.1, 0.15) is 77.8 Å². The Bertz CT molecular complexity index is 330. The summed E-state index contributed by atoms with van der Waals surface area (Å²) in [6.07, 6.45) is 12.6. The van der Waals surface area contributed by atoms with E-state index in [0.717, 1.165) is 0 Å². The highest BCUT2D eigenvalue weighted by atomic mass is 15.2. The molecule has 0 aromatic carbocycles. The molecule has 2 nitrogen and oxygen atoms in total. The van der Waals surface area contributed by atoms with E-state index < -0.39 is 0 Å². The van der Waals surface area contributed by atoms with Crippen LogP contribution < -0.4 is 0 Å². The van der Waals surface area contributed by atoms with E-state index in [2.05, 4.69) is 38.1 Å². The van der Waals surface area contributed by atoms with Crippen molar-refractivity contribution in [3.05, 3.63) is 18.0 Å². The first-order valence-corrected chi connectivity index (χ1v) is 7.62. The van der Waals surface area contributed by atoms with E-state index in [0.29, 0.717) is 0 Å². The first-order chi connectivity index (χ1) is 8.62. The third kappa shape index (κ3) is 4.47. The Labute approximate surface area is 113 Å². The first-order valence-electron chi connectivity index (χ1n) is 7.62. The molecule has 0 N–H and O–H groups in total. The highest BCUT2D eigenvalue weighted by Gasteiger charge is 2.27. The van der Waals surface area contributed by atoms with Crippen molar-refractivity contribution < 1.29 is 0 Å². The summed E-state index contributed by atoms with van der Waals surface area (Å²) in [7, 11) is 2.01. The minimum atomic E-state index is 0.283. The lowest BCUT2D eigenvalue weighted by atomic mass is 9.77. The number of aryl methyl sites for hydroxylation is 1. The smallest absolute Gasteiger partial charge is 0.0683 e. The van der Waals surface area contributed by atoms with Crippen LogP contribution in [-0.4, -0.2) is 9.78 Å². The van der Waals surface area contributed by atoms with Gasteiger partial charge in [-0.2, -0.15) is 5.10 Å². The molecule has 2 heteroatoms. The highest BCUT2D eigenvalue weighted by Crippen LogP contribution is 2.34. The molecule has 0 aliphatic carbocycles. The zero-order chi connectivity index (χ0) is 13.4. The van der Waals surface area contributed by atoms with Crippen LogP contribution >= 0.6 is 0 Å². The fourth-order valence-electron chi connectivity index (χ4n) is 2.63. The SMILES string of the molecule is CCCCCCC(C)(CCCC)c1ccn(C)n1. The van der Waals surface area contributed by atoms with Gasteiger partial charge >= 0.3 is 0 Å². The lowest BCUT2D eigenvalue weighted by Crippen LogP contribution is -2.23. The van der Waals surface area contributed by atoms with Gasteiger partial charge in [0.05, 0.1) is 5.69 Å². The van der Waals surface area contributed by atoms with Crippen molar-refractivity contribution in [1.82, 2.24) is 9.78 Å². The molecular formula is C16H30N2. The molecule has 0 amide bonds. The molecular weight excluding hydrogens is 220 g/mol. The van der Waals surface area contributed by atoms with E-state index in [1.54, 1.807) is 0 Å². The molecule has 104 valence electrons. The molecule has 1 atom stereocenters. The van der Waals surface area contributed by atoms with Crippen LogP contribution in [0.4, 0.5) is 0 Å². The summed E-state index contributed by atoms with van der Waals surface area (Å²) in [6.45, 7) is 6.95. The van der Waals surface area contributed by atoms with Crippen molar-refractivity contribution >= 4 is 0 Å². The zero-order valence-electron chi connectivity index (χ0n) is 12.7. The molecule has 1 aromatic heterocycles. The van der Waals surface area contributed by atoms with E-state index >= 15 is 0 Å². The van der Waals surface area contributed by atoms with Crippen LogP contribution in [0.15, 0.2) is 12.3 Å². The minimum absolute atomic E-state index is 0.283. The van der Waals surface area contributed by atoms with Crippen molar-refractivity contribution in [1.29, 1.82) is 0 Å². The molecule has 0 radical (unpaired) electrons. The molecule has 0 saturated carbocycles.